The van der Waals surface area contributed by atoms with Gasteiger partial charge in [-0.3, -0.25) is 4.79 Å². The van der Waals surface area contributed by atoms with Crippen LogP contribution in [0, 0.1) is 6.92 Å². The first-order valence-corrected chi connectivity index (χ1v) is 6.31. The molecule has 1 N–H and O–H groups in total. The Morgan fingerprint density at radius 3 is 2.84 bits per heavy atom. The summed E-state index contributed by atoms with van der Waals surface area (Å²) in [6, 6.07) is 5.17. The number of methoxy groups -OCH3 is 1. The molecule has 100 valence electrons. The average molecular weight is 326 g/mol. The van der Waals surface area contributed by atoms with Crippen molar-refractivity contribution in [3.8, 4) is 5.75 Å². The second kappa shape index (κ2) is 5.83. The van der Waals surface area contributed by atoms with Gasteiger partial charge >= 0.3 is 0 Å². The zero-order chi connectivity index (χ0) is 13.8. The van der Waals surface area contributed by atoms with E-state index in [1.54, 1.807) is 32.2 Å². The number of hydrogen-bond donors (Lipinski definition) is 1. The molecule has 0 aliphatic heterocycles. The van der Waals surface area contributed by atoms with E-state index >= 15 is 0 Å². The Morgan fingerprint density at radius 1 is 1.47 bits per heavy atom. The van der Waals surface area contributed by atoms with Gasteiger partial charge in [0.05, 0.1) is 18.1 Å². The van der Waals surface area contributed by atoms with E-state index in [9.17, 15) is 4.79 Å². The van der Waals surface area contributed by atoms with Crippen LogP contribution in [0.1, 0.15) is 16.1 Å². The van der Waals surface area contributed by atoms with Crippen LogP contribution in [-0.4, -0.2) is 29.8 Å². The van der Waals surface area contributed by atoms with Gasteiger partial charge in [-0.05, 0) is 46.2 Å². The number of rotatable bonds is 5. The third kappa shape index (κ3) is 3.11. The van der Waals surface area contributed by atoms with Crippen molar-refractivity contribution in [2.24, 2.45) is 0 Å². The standard InChI is InChI=1S/C12H12BrN3O3/c1-7-12(16-19-15-7)14-6-10(17)8-3-4-11(18-2)9(13)5-8/h3-5H,6H2,1-2H3,(H,14,16). The number of nitrogens with one attached hydrogen (secondary N) is 1. The van der Waals surface area contributed by atoms with Crippen LogP contribution in [0.4, 0.5) is 5.82 Å². The number of anilines is 1. The lowest BCUT2D eigenvalue weighted by Gasteiger charge is -2.06. The molecule has 0 amide bonds. The number of aryl methyl sites for hydroxylation is 1. The highest BCUT2D eigenvalue weighted by Crippen LogP contribution is 2.25. The van der Waals surface area contributed by atoms with Gasteiger partial charge in [0.1, 0.15) is 11.4 Å². The van der Waals surface area contributed by atoms with E-state index in [0.717, 1.165) is 4.47 Å². The summed E-state index contributed by atoms with van der Waals surface area (Å²) in [4.78, 5) is 12.0. The molecule has 0 saturated heterocycles. The van der Waals surface area contributed by atoms with Crippen molar-refractivity contribution in [2.45, 2.75) is 6.92 Å². The number of halogens is 1. The molecule has 0 radical (unpaired) electrons. The Hall–Kier alpha value is -1.89. The van der Waals surface area contributed by atoms with E-state index in [-0.39, 0.29) is 12.3 Å². The number of benzene rings is 1. The van der Waals surface area contributed by atoms with Crippen LogP contribution >= 0.6 is 15.9 Å². The fraction of sp³-hybridized carbons (Fsp3) is 0.250. The SMILES string of the molecule is COc1ccc(C(=O)CNc2nonc2C)cc1Br. The number of nitrogens with zero attached hydrogens (tertiary/aromatic N) is 2. The molecule has 0 aliphatic carbocycles. The maximum absolute atomic E-state index is 12.0. The van der Waals surface area contributed by atoms with Gasteiger partial charge in [0.15, 0.2) is 11.6 Å². The number of carbonyl (C=O) groups excluding carboxylic acids is 1. The Morgan fingerprint density at radius 2 is 2.26 bits per heavy atom. The fourth-order valence-corrected chi connectivity index (χ4v) is 2.04. The molecule has 0 spiro atoms. The molecule has 0 atom stereocenters. The maximum Gasteiger partial charge on any atom is 0.194 e. The first kappa shape index (κ1) is 13.5. The molecule has 7 heteroatoms. The number of aromatic nitrogens is 2. The molecule has 0 saturated carbocycles. The van der Waals surface area contributed by atoms with Gasteiger partial charge in [-0.1, -0.05) is 5.16 Å². The van der Waals surface area contributed by atoms with Gasteiger partial charge in [0.25, 0.3) is 0 Å². The lowest BCUT2D eigenvalue weighted by molar-refractivity contribution is 0.101. The summed E-state index contributed by atoms with van der Waals surface area (Å²) in [6.45, 7) is 1.86. The highest BCUT2D eigenvalue weighted by Gasteiger charge is 2.11. The van der Waals surface area contributed by atoms with E-state index in [1.807, 2.05) is 0 Å². The molecule has 0 unspecified atom stereocenters. The quantitative estimate of drug-likeness (QED) is 0.851. The lowest BCUT2D eigenvalue weighted by atomic mass is 10.1. The lowest BCUT2D eigenvalue weighted by Crippen LogP contribution is -2.14. The van der Waals surface area contributed by atoms with Crippen molar-refractivity contribution in [1.29, 1.82) is 0 Å². The van der Waals surface area contributed by atoms with E-state index in [4.69, 9.17) is 4.74 Å². The van der Waals surface area contributed by atoms with Crippen molar-refractivity contribution in [1.82, 2.24) is 10.3 Å². The van der Waals surface area contributed by atoms with Gasteiger partial charge in [-0.2, -0.15) is 0 Å². The Labute approximate surface area is 118 Å². The van der Waals surface area contributed by atoms with Crippen LogP contribution in [0.5, 0.6) is 5.75 Å². The third-order valence-corrected chi connectivity index (χ3v) is 3.16. The topological polar surface area (TPSA) is 77.2 Å². The zero-order valence-corrected chi connectivity index (χ0v) is 12.0. The predicted molar refractivity (Wildman–Crippen MR) is 72.5 cm³/mol. The second-order valence-electron chi connectivity index (χ2n) is 3.82. The van der Waals surface area contributed by atoms with Crippen molar-refractivity contribution in [3.63, 3.8) is 0 Å². The fourth-order valence-electron chi connectivity index (χ4n) is 1.50. The minimum absolute atomic E-state index is 0.0641. The van der Waals surface area contributed by atoms with Crippen LogP contribution in [0.2, 0.25) is 0 Å². The van der Waals surface area contributed by atoms with Crippen LogP contribution < -0.4 is 10.1 Å². The highest BCUT2D eigenvalue weighted by molar-refractivity contribution is 9.10. The number of carbonyl (C=O) groups is 1. The first-order valence-electron chi connectivity index (χ1n) is 5.51. The summed E-state index contributed by atoms with van der Waals surface area (Å²) in [5.74, 6) is 1.09. The van der Waals surface area contributed by atoms with Gasteiger partial charge in [0, 0.05) is 5.56 Å². The number of ketones is 1. The van der Waals surface area contributed by atoms with Crippen molar-refractivity contribution in [3.05, 3.63) is 33.9 Å². The molecule has 0 fully saturated rings. The third-order valence-electron chi connectivity index (χ3n) is 2.54. The van der Waals surface area contributed by atoms with Crippen molar-refractivity contribution >= 4 is 27.5 Å². The van der Waals surface area contributed by atoms with E-state index in [0.29, 0.717) is 22.8 Å². The van der Waals surface area contributed by atoms with Gasteiger partial charge in [-0.25, -0.2) is 4.63 Å². The normalized spacial score (nSPS) is 10.3. The van der Waals surface area contributed by atoms with E-state index in [2.05, 4.69) is 36.2 Å². The molecular formula is C12H12BrN3O3. The first-order chi connectivity index (χ1) is 9.11. The van der Waals surface area contributed by atoms with Crippen molar-refractivity contribution in [2.75, 3.05) is 19.0 Å². The molecule has 2 rings (SSSR count). The molecule has 1 aromatic carbocycles. The van der Waals surface area contributed by atoms with E-state index < -0.39 is 0 Å². The van der Waals surface area contributed by atoms with Crippen LogP contribution in [0.3, 0.4) is 0 Å². The summed E-state index contributed by atoms with van der Waals surface area (Å²) in [6.07, 6.45) is 0. The van der Waals surface area contributed by atoms with Gasteiger partial charge in [-0.15, -0.1) is 0 Å². The van der Waals surface area contributed by atoms with Crippen LogP contribution in [0.15, 0.2) is 27.3 Å². The second-order valence-corrected chi connectivity index (χ2v) is 4.68. The Kier molecular flexibility index (Phi) is 4.16. The van der Waals surface area contributed by atoms with Gasteiger partial charge in [0.2, 0.25) is 0 Å². The largest absolute Gasteiger partial charge is 0.496 e. The smallest absolute Gasteiger partial charge is 0.194 e. The molecule has 0 bridgehead atoms. The van der Waals surface area contributed by atoms with Gasteiger partial charge < -0.3 is 10.1 Å². The number of Topliss-reactive ketones (excluding diaryl/α,β-unsaturated/α-hetero) is 1. The van der Waals surface area contributed by atoms with E-state index in [1.165, 1.54) is 0 Å². The molecule has 1 aromatic heterocycles. The monoisotopic (exact) mass is 325 g/mol. The van der Waals surface area contributed by atoms with Crippen molar-refractivity contribution < 1.29 is 14.2 Å². The van der Waals surface area contributed by atoms with Crippen LogP contribution in [-0.2, 0) is 0 Å². The minimum atomic E-state index is -0.0641. The summed E-state index contributed by atoms with van der Waals surface area (Å²) in [7, 11) is 1.57. The molecule has 1 heterocycles. The molecular weight excluding hydrogens is 314 g/mol. The summed E-state index contributed by atoms with van der Waals surface area (Å²) in [5.41, 5.74) is 1.19. The Bertz CT molecular complexity index is 598. The average Bonchev–Trinajstić information content (AvgIpc) is 2.81. The van der Waals surface area contributed by atoms with Crippen LogP contribution in [0.25, 0.3) is 0 Å². The number of hydrogen-bond acceptors (Lipinski definition) is 6. The highest BCUT2D eigenvalue weighted by atomic mass is 79.9. The number of ether oxygens (including phenoxy) is 1. The summed E-state index contributed by atoms with van der Waals surface area (Å²) < 4.78 is 10.4. The molecule has 6 nitrogen and oxygen atoms in total. The molecule has 0 aliphatic rings. The summed E-state index contributed by atoms with van der Waals surface area (Å²) in [5, 5.41) is 10.1. The molecule has 19 heavy (non-hydrogen) atoms. The molecule has 2 aromatic rings. The predicted octanol–water partition coefficient (Wildman–Crippen LogP) is 2.44. The zero-order valence-electron chi connectivity index (χ0n) is 10.4. The minimum Gasteiger partial charge on any atom is -0.496 e. The summed E-state index contributed by atoms with van der Waals surface area (Å²) >= 11 is 3.34. The Balaban J connectivity index is 2.04. The maximum atomic E-state index is 12.0.